The molecule has 0 saturated carbocycles. The van der Waals surface area contributed by atoms with Crippen molar-refractivity contribution in [1.82, 2.24) is 10.2 Å². The Morgan fingerprint density at radius 3 is 2.50 bits per heavy atom. The first-order valence-electron chi connectivity index (χ1n) is 9.25. The van der Waals surface area contributed by atoms with Crippen LogP contribution in [0.15, 0.2) is 48.7 Å². The highest BCUT2D eigenvalue weighted by atomic mass is 35.5. The maximum absolute atomic E-state index is 12.4. The third-order valence-corrected chi connectivity index (χ3v) is 5.06. The molecule has 0 unspecified atom stereocenters. The van der Waals surface area contributed by atoms with E-state index >= 15 is 0 Å². The lowest BCUT2D eigenvalue weighted by atomic mass is 10.1. The molecule has 150 valence electrons. The number of carbonyl (C=O) groups is 1. The number of piperazine rings is 1. The van der Waals surface area contributed by atoms with Crippen LogP contribution in [0.3, 0.4) is 0 Å². The number of anilines is 1. The van der Waals surface area contributed by atoms with Crippen LogP contribution in [0.25, 0.3) is 6.08 Å². The average molecular weight is 402 g/mol. The number of amides is 2. The topological polar surface area (TPSA) is 44.8 Å². The van der Waals surface area contributed by atoms with Gasteiger partial charge in [0.2, 0.25) is 0 Å². The minimum Gasteiger partial charge on any atom is -0.497 e. The number of nitrogens with zero attached hydrogens (tertiary/aromatic N) is 2. The van der Waals surface area contributed by atoms with Crippen LogP contribution in [0.2, 0.25) is 0 Å². The Morgan fingerprint density at radius 2 is 1.79 bits per heavy atom. The maximum atomic E-state index is 12.4. The number of rotatable bonds is 4. The molecule has 0 aliphatic carbocycles. The van der Waals surface area contributed by atoms with Crippen molar-refractivity contribution < 1.29 is 9.53 Å². The van der Waals surface area contributed by atoms with E-state index in [4.69, 9.17) is 4.74 Å². The van der Waals surface area contributed by atoms with E-state index in [2.05, 4.69) is 42.3 Å². The quantitative estimate of drug-likeness (QED) is 0.833. The van der Waals surface area contributed by atoms with E-state index in [1.807, 2.05) is 35.2 Å². The van der Waals surface area contributed by atoms with E-state index < -0.39 is 0 Å². The first-order chi connectivity index (χ1) is 13.1. The Labute approximate surface area is 173 Å². The van der Waals surface area contributed by atoms with E-state index in [9.17, 15) is 4.79 Å². The van der Waals surface area contributed by atoms with Crippen LogP contribution in [-0.4, -0.2) is 44.2 Å². The number of aryl methyl sites for hydroxylation is 1. The summed E-state index contributed by atoms with van der Waals surface area (Å²) >= 11 is 0. The minimum atomic E-state index is -0.0604. The molecule has 0 radical (unpaired) electrons. The smallest absolute Gasteiger partial charge is 0.321 e. The molecule has 28 heavy (non-hydrogen) atoms. The van der Waals surface area contributed by atoms with Crippen molar-refractivity contribution in [2.75, 3.05) is 38.2 Å². The van der Waals surface area contributed by atoms with Crippen LogP contribution in [0.4, 0.5) is 10.5 Å². The molecule has 1 heterocycles. The van der Waals surface area contributed by atoms with Crippen molar-refractivity contribution in [3.05, 3.63) is 65.4 Å². The van der Waals surface area contributed by atoms with Crippen LogP contribution in [0.1, 0.15) is 16.7 Å². The summed E-state index contributed by atoms with van der Waals surface area (Å²) in [5.41, 5.74) is 4.87. The van der Waals surface area contributed by atoms with Crippen LogP contribution >= 0.6 is 12.4 Å². The molecule has 2 amide bonds. The standard InChI is InChI=1S/C22H27N3O2.ClH/c1-17-6-4-9-21(18(17)2)24-12-14-25(15-13-24)22(26)23-11-10-19-7-5-8-20(16-19)27-3;/h4-11,16H,12-15H2,1-3H3,(H,23,26);1H/b11-10+;. The molecule has 1 aliphatic rings. The molecule has 1 saturated heterocycles. The van der Waals surface area contributed by atoms with Gasteiger partial charge in [-0.2, -0.15) is 0 Å². The SMILES string of the molecule is COc1cccc(/C=C/NC(=O)N2CCN(c3cccc(C)c3C)CC2)c1.Cl. The first kappa shape index (κ1) is 21.6. The van der Waals surface area contributed by atoms with Gasteiger partial charge in [0.1, 0.15) is 5.75 Å². The number of carbonyl (C=O) groups excluding carboxylic acids is 1. The number of methoxy groups -OCH3 is 1. The van der Waals surface area contributed by atoms with Crippen molar-refractivity contribution in [1.29, 1.82) is 0 Å². The molecule has 0 aromatic heterocycles. The van der Waals surface area contributed by atoms with Gasteiger partial charge in [-0.1, -0.05) is 24.3 Å². The van der Waals surface area contributed by atoms with Gasteiger partial charge in [-0.15, -0.1) is 12.4 Å². The van der Waals surface area contributed by atoms with Gasteiger partial charge in [-0.05, 0) is 54.8 Å². The first-order valence-corrected chi connectivity index (χ1v) is 9.25. The molecule has 0 bridgehead atoms. The third kappa shape index (κ3) is 5.20. The lowest BCUT2D eigenvalue weighted by molar-refractivity contribution is 0.198. The molecule has 1 N–H and O–H groups in total. The summed E-state index contributed by atoms with van der Waals surface area (Å²) in [6.07, 6.45) is 3.56. The number of hydrogen-bond donors (Lipinski definition) is 1. The van der Waals surface area contributed by atoms with Crippen molar-refractivity contribution in [2.45, 2.75) is 13.8 Å². The highest BCUT2D eigenvalue weighted by Gasteiger charge is 2.21. The van der Waals surface area contributed by atoms with Gasteiger partial charge in [-0.3, -0.25) is 0 Å². The molecule has 0 spiro atoms. The van der Waals surface area contributed by atoms with Gasteiger partial charge in [0.25, 0.3) is 0 Å². The monoisotopic (exact) mass is 401 g/mol. The molecule has 6 heteroatoms. The number of halogens is 1. The summed E-state index contributed by atoms with van der Waals surface area (Å²) < 4.78 is 5.21. The second-order valence-electron chi connectivity index (χ2n) is 6.75. The fourth-order valence-corrected chi connectivity index (χ4v) is 3.27. The summed E-state index contributed by atoms with van der Waals surface area (Å²) in [5.74, 6) is 0.797. The summed E-state index contributed by atoms with van der Waals surface area (Å²) in [7, 11) is 1.64. The summed E-state index contributed by atoms with van der Waals surface area (Å²) in [6, 6.07) is 14.0. The lowest BCUT2D eigenvalue weighted by Gasteiger charge is -2.36. The van der Waals surface area contributed by atoms with Crippen LogP contribution in [0.5, 0.6) is 5.75 Å². The number of nitrogens with one attached hydrogen (secondary N) is 1. The molecule has 2 aromatic rings. The zero-order valence-electron chi connectivity index (χ0n) is 16.6. The average Bonchev–Trinajstić information content (AvgIpc) is 2.70. The summed E-state index contributed by atoms with van der Waals surface area (Å²) in [4.78, 5) is 16.6. The largest absolute Gasteiger partial charge is 0.497 e. The predicted octanol–water partition coefficient (Wildman–Crippen LogP) is 4.24. The number of urea groups is 1. The van der Waals surface area contributed by atoms with Gasteiger partial charge in [-0.25, -0.2) is 4.79 Å². The van der Waals surface area contributed by atoms with Gasteiger partial charge in [0.15, 0.2) is 0 Å². The lowest BCUT2D eigenvalue weighted by Crippen LogP contribution is -2.51. The highest BCUT2D eigenvalue weighted by molar-refractivity contribution is 5.85. The molecule has 1 aliphatic heterocycles. The zero-order chi connectivity index (χ0) is 19.2. The number of hydrogen-bond acceptors (Lipinski definition) is 3. The Kier molecular flexibility index (Phi) is 7.76. The Morgan fingerprint density at radius 1 is 1.07 bits per heavy atom. The second kappa shape index (κ2) is 10.0. The molecule has 5 nitrogen and oxygen atoms in total. The molecule has 3 rings (SSSR count). The molecule has 2 aromatic carbocycles. The predicted molar refractivity (Wildman–Crippen MR) is 118 cm³/mol. The molecule has 0 atom stereocenters. The number of benzene rings is 2. The Hall–Kier alpha value is -2.66. The molecular weight excluding hydrogens is 374 g/mol. The van der Waals surface area contributed by atoms with E-state index in [-0.39, 0.29) is 18.4 Å². The van der Waals surface area contributed by atoms with Crippen molar-refractivity contribution >= 4 is 30.2 Å². The minimum absolute atomic E-state index is 0. The number of ether oxygens (including phenoxy) is 1. The third-order valence-electron chi connectivity index (χ3n) is 5.06. The normalized spacial score (nSPS) is 14.0. The Bertz CT molecular complexity index is 830. The van der Waals surface area contributed by atoms with Gasteiger partial charge < -0.3 is 19.9 Å². The van der Waals surface area contributed by atoms with E-state index in [1.54, 1.807) is 13.3 Å². The zero-order valence-corrected chi connectivity index (χ0v) is 17.5. The summed E-state index contributed by atoms with van der Waals surface area (Å²) in [5, 5.41) is 2.86. The van der Waals surface area contributed by atoms with E-state index in [1.165, 1.54) is 16.8 Å². The maximum Gasteiger partial charge on any atom is 0.321 e. The van der Waals surface area contributed by atoms with Crippen LogP contribution in [-0.2, 0) is 0 Å². The van der Waals surface area contributed by atoms with Gasteiger partial charge in [0, 0.05) is 38.1 Å². The van der Waals surface area contributed by atoms with Gasteiger partial charge in [0.05, 0.1) is 7.11 Å². The second-order valence-corrected chi connectivity index (χ2v) is 6.75. The van der Waals surface area contributed by atoms with E-state index in [0.29, 0.717) is 13.1 Å². The van der Waals surface area contributed by atoms with Crippen molar-refractivity contribution in [3.63, 3.8) is 0 Å². The molecule has 1 fully saturated rings. The van der Waals surface area contributed by atoms with Crippen LogP contribution < -0.4 is 15.0 Å². The highest BCUT2D eigenvalue weighted by Crippen LogP contribution is 2.23. The van der Waals surface area contributed by atoms with Crippen LogP contribution in [0, 0.1) is 13.8 Å². The Balaban J connectivity index is 0.00000280. The van der Waals surface area contributed by atoms with Crippen molar-refractivity contribution in [2.24, 2.45) is 0 Å². The van der Waals surface area contributed by atoms with Crippen molar-refractivity contribution in [3.8, 4) is 5.75 Å². The van der Waals surface area contributed by atoms with E-state index in [0.717, 1.165) is 24.4 Å². The van der Waals surface area contributed by atoms with Gasteiger partial charge >= 0.3 is 6.03 Å². The fourth-order valence-electron chi connectivity index (χ4n) is 3.27. The molecular formula is C22H28ClN3O2. The fraction of sp³-hybridized carbons (Fsp3) is 0.318. The summed E-state index contributed by atoms with van der Waals surface area (Å²) in [6.45, 7) is 7.41.